The van der Waals surface area contributed by atoms with Gasteiger partial charge >= 0.3 is 5.97 Å². The summed E-state index contributed by atoms with van der Waals surface area (Å²) in [6, 6.07) is 6.56. The van der Waals surface area contributed by atoms with Crippen molar-refractivity contribution in [2.45, 2.75) is 20.3 Å². The molecule has 0 radical (unpaired) electrons. The molecule has 22 heavy (non-hydrogen) atoms. The monoisotopic (exact) mass is 433 g/mol. The van der Waals surface area contributed by atoms with Crippen molar-refractivity contribution in [2.24, 2.45) is 0 Å². The van der Waals surface area contributed by atoms with Crippen LogP contribution in [0.2, 0.25) is 5.15 Å². The second kappa shape index (κ2) is 7.37. The number of hydrogen-bond donors (Lipinski definition) is 0. The molecule has 0 N–H and O–H groups in total. The summed E-state index contributed by atoms with van der Waals surface area (Å²) < 4.78 is 19.9. The zero-order valence-electron chi connectivity index (χ0n) is 12.1. The number of ether oxygens (including phenoxy) is 1. The Morgan fingerprint density at radius 1 is 1.41 bits per heavy atom. The van der Waals surface area contributed by atoms with Crippen LogP contribution in [0.15, 0.2) is 24.3 Å². The van der Waals surface area contributed by atoms with Crippen molar-refractivity contribution in [3.05, 3.63) is 61.2 Å². The number of halogens is 3. The number of carbonyl (C=O) groups is 1. The van der Waals surface area contributed by atoms with Gasteiger partial charge in [-0.1, -0.05) is 17.7 Å². The van der Waals surface area contributed by atoms with Crippen molar-refractivity contribution >= 4 is 40.2 Å². The highest BCUT2D eigenvalue weighted by Gasteiger charge is 2.18. The van der Waals surface area contributed by atoms with Crippen LogP contribution in [0.25, 0.3) is 0 Å². The Kier molecular flexibility index (Phi) is 5.74. The van der Waals surface area contributed by atoms with Gasteiger partial charge in [0.05, 0.1) is 17.9 Å². The molecule has 0 aliphatic rings. The van der Waals surface area contributed by atoms with Gasteiger partial charge < -0.3 is 4.74 Å². The van der Waals surface area contributed by atoms with Crippen molar-refractivity contribution < 1.29 is 13.9 Å². The van der Waals surface area contributed by atoms with E-state index in [2.05, 4.69) is 4.98 Å². The Labute approximate surface area is 147 Å². The number of rotatable bonds is 4. The van der Waals surface area contributed by atoms with Gasteiger partial charge in [-0.05, 0) is 65.8 Å². The molecule has 1 aromatic heterocycles. The molecule has 0 aliphatic heterocycles. The van der Waals surface area contributed by atoms with Gasteiger partial charge in [-0.15, -0.1) is 0 Å². The minimum Gasteiger partial charge on any atom is -0.462 e. The fourth-order valence-electron chi connectivity index (χ4n) is 1.99. The van der Waals surface area contributed by atoms with E-state index in [4.69, 9.17) is 16.3 Å². The maximum atomic E-state index is 14.0. The Bertz CT molecular complexity index is 722. The fourth-order valence-corrected chi connectivity index (χ4v) is 2.60. The fraction of sp³-hybridized carbons (Fsp3) is 0.250. The number of benzene rings is 1. The van der Waals surface area contributed by atoms with Crippen LogP contribution in [-0.4, -0.2) is 17.6 Å². The molecule has 3 nitrogen and oxygen atoms in total. The molecule has 2 rings (SSSR count). The van der Waals surface area contributed by atoms with Crippen molar-refractivity contribution in [1.82, 2.24) is 4.98 Å². The van der Waals surface area contributed by atoms with Crippen LogP contribution in [0.3, 0.4) is 0 Å². The van der Waals surface area contributed by atoms with Gasteiger partial charge in [-0.3, -0.25) is 0 Å². The third-order valence-corrected chi connectivity index (χ3v) is 4.15. The molecule has 1 heterocycles. The summed E-state index contributed by atoms with van der Waals surface area (Å²) in [5.41, 5.74) is 1.87. The van der Waals surface area contributed by atoms with Crippen LogP contribution in [0.5, 0.6) is 0 Å². The van der Waals surface area contributed by atoms with E-state index in [1.807, 2.05) is 22.6 Å². The van der Waals surface area contributed by atoms with Crippen molar-refractivity contribution in [2.75, 3.05) is 6.61 Å². The van der Waals surface area contributed by atoms with Gasteiger partial charge in [0.2, 0.25) is 0 Å². The molecule has 2 aromatic rings. The highest BCUT2D eigenvalue weighted by atomic mass is 127. The Balaban J connectivity index is 2.44. The molecule has 0 atom stereocenters. The summed E-state index contributed by atoms with van der Waals surface area (Å²) in [6.07, 6.45) is 0.177. The Morgan fingerprint density at radius 2 is 2.14 bits per heavy atom. The van der Waals surface area contributed by atoms with E-state index in [0.717, 1.165) is 3.57 Å². The predicted octanol–water partition coefficient (Wildman–Crippen LogP) is 4.55. The minimum absolute atomic E-state index is 0.177. The minimum atomic E-state index is -0.476. The van der Waals surface area contributed by atoms with Crippen LogP contribution in [-0.2, 0) is 11.2 Å². The number of nitrogens with zero attached hydrogens (tertiary/aromatic N) is 1. The number of hydrogen-bond acceptors (Lipinski definition) is 3. The number of aryl methyl sites for hydroxylation is 1. The maximum Gasteiger partial charge on any atom is 0.340 e. The number of pyridine rings is 1. The second-order valence-electron chi connectivity index (χ2n) is 4.72. The average molecular weight is 434 g/mol. The molecule has 6 heteroatoms. The van der Waals surface area contributed by atoms with Gasteiger partial charge in [0, 0.05) is 9.99 Å². The van der Waals surface area contributed by atoms with Crippen molar-refractivity contribution in [3.8, 4) is 0 Å². The molecule has 0 amide bonds. The first kappa shape index (κ1) is 17.1. The molecule has 0 spiro atoms. The first-order valence-corrected chi connectivity index (χ1v) is 8.15. The highest BCUT2D eigenvalue weighted by Crippen LogP contribution is 2.22. The summed E-state index contributed by atoms with van der Waals surface area (Å²) >= 11 is 8.08. The lowest BCUT2D eigenvalue weighted by Gasteiger charge is -2.11. The van der Waals surface area contributed by atoms with E-state index in [0.29, 0.717) is 27.5 Å². The van der Waals surface area contributed by atoms with Crippen LogP contribution >= 0.6 is 34.2 Å². The van der Waals surface area contributed by atoms with Gasteiger partial charge in [-0.25, -0.2) is 14.2 Å². The lowest BCUT2D eigenvalue weighted by Crippen LogP contribution is -2.11. The van der Waals surface area contributed by atoms with Crippen molar-refractivity contribution in [3.63, 3.8) is 0 Å². The summed E-state index contributed by atoms with van der Waals surface area (Å²) in [5, 5.41) is 0.300. The molecule has 0 bridgehead atoms. The van der Waals surface area contributed by atoms with E-state index >= 15 is 0 Å². The number of esters is 1. The molecule has 1 aromatic carbocycles. The summed E-state index contributed by atoms with van der Waals surface area (Å²) in [4.78, 5) is 16.3. The van der Waals surface area contributed by atoms with E-state index in [1.54, 1.807) is 32.0 Å². The predicted molar refractivity (Wildman–Crippen MR) is 91.9 cm³/mol. The van der Waals surface area contributed by atoms with Crippen LogP contribution in [0.4, 0.5) is 4.39 Å². The molecule has 116 valence electrons. The SMILES string of the molecule is CCOC(=O)c1cc(C)c(Cl)nc1Cc1ccc(I)cc1F. The number of carbonyl (C=O) groups excluding carboxylic acids is 1. The van der Waals surface area contributed by atoms with Crippen molar-refractivity contribution in [1.29, 1.82) is 0 Å². The Morgan fingerprint density at radius 3 is 2.77 bits per heavy atom. The first-order chi connectivity index (χ1) is 10.4. The largest absolute Gasteiger partial charge is 0.462 e. The smallest absolute Gasteiger partial charge is 0.340 e. The van der Waals surface area contributed by atoms with Crippen LogP contribution in [0, 0.1) is 16.3 Å². The molecule has 0 saturated carbocycles. The van der Waals surface area contributed by atoms with E-state index in [1.165, 1.54) is 6.07 Å². The number of aromatic nitrogens is 1. The molecular weight excluding hydrogens is 420 g/mol. The van der Waals surface area contributed by atoms with E-state index < -0.39 is 5.97 Å². The third kappa shape index (κ3) is 3.95. The van der Waals surface area contributed by atoms with Gasteiger partial charge in [-0.2, -0.15) is 0 Å². The standard InChI is InChI=1S/C16H14ClFINO2/c1-3-22-16(21)12-6-9(2)15(17)20-14(12)7-10-4-5-11(19)8-13(10)18/h4-6,8H,3,7H2,1-2H3. The third-order valence-electron chi connectivity index (χ3n) is 3.10. The second-order valence-corrected chi connectivity index (χ2v) is 6.33. The molecule has 0 fully saturated rings. The molecular formula is C16H14ClFINO2. The Hall–Kier alpha value is -1.21. The maximum absolute atomic E-state index is 14.0. The van der Waals surface area contributed by atoms with E-state index in [9.17, 15) is 9.18 Å². The van der Waals surface area contributed by atoms with Crippen LogP contribution in [0.1, 0.15) is 34.1 Å². The van der Waals surface area contributed by atoms with Gasteiger partial charge in [0.1, 0.15) is 11.0 Å². The normalized spacial score (nSPS) is 10.6. The zero-order valence-corrected chi connectivity index (χ0v) is 15.0. The quantitative estimate of drug-likeness (QED) is 0.403. The van der Waals surface area contributed by atoms with Gasteiger partial charge in [0.15, 0.2) is 0 Å². The first-order valence-electron chi connectivity index (χ1n) is 6.69. The topological polar surface area (TPSA) is 39.2 Å². The molecule has 0 unspecified atom stereocenters. The average Bonchev–Trinajstić information content (AvgIpc) is 2.45. The summed E-state index contributed by atoms with van der Waals surface area (Å²) in [6.45, 7) is 3.75. The lowest BCUT2D eigenvalue weighted by atomic mass is 10.0. The summed E-state index contributed by atoms with van der Waals surface area (Å²) in [7, 11) is 0. The lowest BCUT2D eigenvalue weighted by molar-refractivity contribution is 0.0524. The van der Waals surface area contributed by atoms with E-state index in [-0.39, 0.29) is 18.8 Å². The molecule has 0 aliphatic carbocycles. The highest BCUT2D eigenvalue weighted by molar-refractivity contribution is 14.1. The van der Waals surface area contributed by atoms with Gasteiger partial charge in [0.25, 0.3) is 0 Å². The van der Waals surface area contributed by atoms with Crippen LogP contribution < -0.4 is 0 Å². The summed E-state index contributed by atoms with van der Waals surface area (Å²) in [5.74, 6) is -0.809. The zero-order chi connectivity index (χ0) is 16.3. The molecule has 0 saturated heterocycles.